The number of esters is 1. The molecule has 2 rings (SSSR count). The van der Waals surface area contributed by atoms with Crippen molar-refractivity contribution in [1.29, 1.82) is 0 Å². The molecule has 0 radical (unpaired) electrons. The van der Waals surface area contributed by atoms with E-state index in [9.17, 15) is 14.4 Å². The standard InChI is InChI=1S/C10H7NO5/c1-15-8(12)5-2-3-6-7(4-5)11-10(14)16-9(6)13/h2-4H,1H3,(H,11,14). The number of rotatable bonds is 1. The summed E-state index contributed by atoms with van der Waals surface area (Å²) in [6.45, 7) is 0. The molecule has 0 spiro atoms. The highest BCUT2D eigenvalue weighted by Crippen LogP contribution is 2.09. The Bertz CT molecular complexity index is 667. The average Bonchev–Trinajstić information content (AvgIpc) is 2.27. The van der Waals surface area contributed by atoms with Gasteiger partial charge in [-0.15, -0.1) is 0 Å². The molecule has 1 heterocycles. The second-order valence-electron chi connectivity index (χ2n) is 3.05. The average molecular weight is 221 g/mol. The lowest BCUT2D eigenvalue weighted by Crippen LogP contribution is -2.15. The fraction of sp³-hybridized carbons (Fsp3) is 0.100. The Kier molecular flexibility index (Phi) is 2.32. The van der Waals surface area contributed by atoms with Gasteiger partial charge in [-0.25, -0.2) is 14.4 Å². The minimum atomic E-state index is -0.862. The van der Waals surface area contributed by atoms with Crippen LogP contribution in [0.15, 0.2) is 32.2 Å². The van der Waals surface area contributed by atoms with Crippen LogP contribution >= 0.6 is 0 Å². The highest BCUT2D eigenvalue weighted by Gasteiger charge is 2.08. The van der Waals surface area contributed by atoms with Crippen LogP contribution < -0.4 is 11.4 Å². The summed E-state index contributed by atoms with van der Waals surface area (Å²) >= 11 is 0. The second kappa shape index (κ2) is 3.65. The van der Waals surface area contributed by atoms with Crippen molar-refractivity contribution in [3.05, 3.63) is 44.7 Å². The fourth-order valence-electron chi connectivity index (χ4n) is 1.35. The molecule has 1 aromatic heterocycles. The molecule has 1 N–H and O–H groups in total. The van der Waals surface area contributed by atoms with Crippen molar-refractivity contribution < 1.29 is 13.9 Å². The molecular formula is C10H7NO5. The summed E-state index contributed by atoms with van der Waals surface area (Å²) in [5, 5.41) is 0.201. The normalized spacial score (nSPS) is 10.3. The van der Waals surface area contributed by atoms with Crippen LogP contribution in [0, 0.1) is 0 Å². The van der Waals surface area contributed by atoms with Crippen molar-refractivity contribution in [3.8, 4) is 0 Å². The first-order valence-corrected chi connectivity index (χ1v) is 4.37. The van der Waals surface area contributed by atoms with Crippen molar-refractivity contribution >= 4 is 16.9 Å². The number of aromatic nitrogens is 1. The molecular weight excluding hydrogens is 214 g/mol. The van der Waals surface area contributed by atoms with E-state index in [4.69, 9.17) is 0 Å². The van der Waals surface area contributed by atoms with Crippen LogP contribution in [0.2, 0.25) is 0 Å². The molecule has 6 nitrogen and oxygen atoms in total. The Hall–Kier alpha value is -2.37. The Labute approximate surface area is 88.5 Å². The number of hydrogen-bond acceptors (Lipinski definition) is 5. The molecule has 0 aliphatic rings. The van der Waals surface area contributed by atoms with Crippen molar-refractivity contribution in [2.24, 2.45) is 0 Å². The summed E-state index contributed by atoms with van der Waals surface area (Å²) in [6, 6.07) is 4.17. The number of carbonyl (C=O) groups is 1. The maximum atomic E-state index is 11.2. The molecule has 0 fully saturated rings. The van der Waals surface area contributed by atoms with Gasteiger partial charge in [-0.3, -0.25) is 4.98 Å². The van der Waals surface area contributed by atoms with Gasteiger partial charge in [0.25, 0.3) is 0 Å². The third-order valence-electron chi connectivity index (χ3n) is 2.08. The van der Waals surface area contributed by atoms with E-state index in [1.165, 1.54) is 25.3 Å². The first kappa shape index (κ1) is 10.2. The summed E-state index contributed by atoms with van der Waals surface area (Å²) in [4.78, 5) is 35.7. The molecule has 6 heteroatoms. The van der Waals surface area contributed by atoms with E-state index in [-0.39, 0.29) is 16.5 Å². The largest absolute Gasteiger partial charge is 0.465 e. The van der Waals surface area contributed by atoms with Gasteiger partial charge in [0.2, 0.25) is 0 Å². The van der Waals surface area contributed by atoms with Crippen LogP contribution in [0.1, 0.15) is 10.4 Å². The molecule has 0 aliphatic carbocycles. The molecule has 0 atom stereocenters. The van der Waals surface area contributed by atoms with Crippen LogP contribution in [-0.4, -0.2) is 18.1 Å². The number of nitrogens with one attached hydrogen (secondary N) is 1. The molecule has 0 unspecified atom stereocenters. The lowest BCUT2D eigenvalue weighted by Gasteiger charge is -2.00. The topological polar surface area (TPSA) is 89.4 Å². The number of aromatic amines is 1. The van der Waals surface area contributed by atoms with Crippen LogP contribution in [0.25, 0.3) is 10.9 Å². The van der Waals surface area contributed by atoms with Crippen molar-refractivity contribution in [1.82, 2.24) is 4.98 Å². The van der Waals surface area contributed by atoms with E-state index in [0.29, 0.717) is 0 Å². The molecule has 16 heavy (non-hydrogen) atoms. The molecule has 1 aromatic carbocycles. The number of carbonyl (C=O) groups excluding carboxylic acids is 1. The first-order valence-electron chi connectivity index (χ1n) is 4.37. The predicted octanol–water partition coefficient (Wildman–Crippen LogP) is 0.268. The number of methoxy groups -OCH3 is 1. The fourth-order valence-corrected chi connectivity index (χ4v) is 1.35. The molecule has 2 aromatic rings. The third-order valence-corrected chi connectivity index (χ3v) is 2.08. The van der Waals surface area contributed by atoms with E-state index in [1.807, 2.05) is 0 Å². The van der Waals surface area contributed by atoms with Gasteiger partial charge >= 0.3 is 17.4 Å². The van der Waals surface area contributed by atoms with Crippen molar-refractivity contribution in [2.75, 3.05) is 7.11 Å². The molecule has 0 amide bonds. The zero-order valence-electron chi connectivity index (χ0n) is 8.27. The molecule has 82 valence electrons. The van der Waals surface area contributed by atoms with Crippen LogP contribution in [0.5, 0.6) is 0 Å². The lowest BCUT2D eigenvalue weighted by atomic mass is 10.1. The van der Waals surface area contributed by atoms with Gasteiger partial charge in [0, 0.05) is 0 Å². The number of hydrogen-bond donors (Lipinski definition) is 1. The number of fused-ring (bicyclic) bond motifs is 1. The van der Waals surface area contributed by atoms with Crippen molar-refractivity contribution in [2.45, 2.75) is 0 Å². The zero-order chi connectivity index (χ0) is 11.7. The first-order chi connectivity index (χ1) is 7.61. The highest BCUT2D eigenvalue weighted by atomic mass is 16.5. The number of H-pyrrole nitrogens is 1. The Morgan fingerprint density at radius 2 is 2.12 bits per heavy atom. The SMILES string of the molecule is COC(=O)c1ccc2c(=O)oc(=O)[nH]c2c1. The molecule has 0 aliphatic heterocycles. The summed E-state index contributed by atoms with van der Waals surface area (Å²) in [6.07, 6.45) is 0. The molecule has 0 saturated heterocycles. The van der Waals surface area contributed by atoms with Crippen LogP contribution in [0.4, 0.5) is 0 Å². The van der Waals surface area contributed by atoms with Gasteiger partial charge < -0.3 is 9.15 Å². The smallest absolute Gasteiger partial charge is 0.419 e. The van der Waals surface area contributed by atoms with E-state index in [1.54, 1.807) is 0 Å². The summed E-state index contributed by atoms with van der Waals surface area (Å²) < 4.78 is 8.85. The van der Waals surface area contributed by atoms with E-state index in [2.05, 4.69) is 14.1 Å². The quantitative estimate of drug-likeness (QED) is 0.698. The monoisotopic (exact) mass is 221 g/mol. The van der Waals surface area contributed by atoms with E-state index >= 15 is 0 Å². The predicted molar refractivity (Wildman–Crippen MR) is 54.4 cm³/mol. The maximum Gasteiger partial charge on any atom is 0.419 e. The van der Waals surface area contributed by atoms with Crippen LogP contribution in [-0.2, 0) is 4.74 Å². The third kappa shape index (κ3) is 1.60. The van der Waals surface area contributed by atoms with E-state index in [0.717, 1.165) is 0 Å². The maximum absolute atomic E-state index is 11.2. The number of ether oxygens (including phenoxy) is 1. The second-order valence-corrected chi connectivity index (χ2v) is 3.05. The zero-order valence-corrected chi connectivity index (χ0v) is 8.27. The molecule has 0 bridgehead atoms. The lowest BCUT2D eigenvalue weighted by molar-refractivity contribution is 0.0601. The summed E-state index contributed by atoms with van der Waals surface area (Å²) in [7, 11) is 1.24. The summed E-state index contributed by atoms with van der Waals surface area (Å²) in [5.74, 6) is -1.41. The Morgan fingerprint density at radius 1 is 1.38 bits per heavy atom. The Morgan fingerprint density at radius 3 is 2.81 bits per heavy atom. The van der Waals surface area contributed by atoms with Gasteiger partial charge in [-0.05, 0) is 18.2 Å². The van der Waals surface area contributed by atoms with Crippen LogP contribution in [0.3, 0.4) is 0 Å². The minimum absolute atomic E-state index is 0.201. The van der Waals surface area contributed by atoms with Gasteiger partial charge in [-0.1, -0.05) is 0 Å². The Balaban J connectivity index is 2.76. The van der Waals surface area contributed by atoms with Gasteiger partial charge in [-0.2, -0.15) is 0 Å². The van der Waals surface area contributed by atoms with Gasteiger partial charge in [0.15, 0.2) is 0 Å². The number of benzene rings is 1. The molecule has 0 saturated carbocycles. The minimum Gasteiger partial charge on any atom is -0.465 e. The summed E-state index contributed by atoms with van der Waals surface area (Å²) in [5.41, 5.74) is -0.254. The highest BCUT2D eigenvalue weighted by molar-refractivity contribution is 5.93. The van der Waals surface area contributed by atoms with Crippen molar-refractivity contribution in [3.63, 3.8) is 0 Å². The van der Waals surface area contributed by atoms with Gasteiger partial charge in [0.1, 0.15) is 0 Å². The van der Waals surface area contributed by atoms with Gasteiger partial charge in [0.05, 0.1) is 23.6 Å². The van der Waals surface area contributed by atoms with E-state index < -0.39 is 17.4 Å².